The van der Waals surface area contributed by atoms with Gasteiger partial charge in [0.2, 0.25) is 11.8 Å². The van der Waals surface area contributed by atoms with Gasteiger partial charge in [-0.1, -0.05) is 70.8 Å². The van der Waals surface area contributed by atoms with Crippen LogP contribution in [-0.2, 0) is 20.0 Å². The maximum atomic E-state index is 12.9. The molecule has 0 spiro atoms. The highest BCUT2D eigenvalue weighted by atomic mass is 35.5. The molecule has 20 nitrogen and oxygen atoms in total. The Morgan fingerprint density at radius 2 is 1.08 bits per heavy atom. The molecular formula is C46H45Cl3N10O10S2. The Labute approximate surface area is 421 Å². The van der Waals surface area contributed by atoms with E-state index in [1.54, 1.807) is 18.2 Å². The summed E-state index contributed by atoms with van der Waals surface area (Å²) in [4.78, 5) is 34.1. The number of sulfonamides is 2. The number of methoxy groups -OCH3 is 2. The van der Waals surface area contributed by atoms with Crippen molar-refractivity contribution in [3.8, 4) is 23.1 Å². The Morgan fingerprint density at radius 3 is 1.52 bits per heavy atom. The van der Waals surface area contributed by atoms with Crippen LogP contribution >= 0.6 is 34.8 Å². The van der Waals surface area contributed by atoms with Gasteiger partial charge in [0, 0.05) is 47.1 Å². The standard InChI is InChI=1S/C23H22ClN5O5S.C18H12Cl2N4O5S.C5H11N/c1-33-23-19(13-17(24)22(26-23)25-15-4-2-3-5-15)29-18-8-7-16(12-14(18)6-9-21(29)30)35(31,32)28-20-10-11-34-27-20;1-28-18-14(9-12(19)17(20)21-18)24-13-4-3-11(8-10(13)2-5-16(24)25)30(26,27)23-15-6-7-29-22-15;6-5-3-1-2-4-5/h6-13,15H,2-5H2,1H3,(H,25,26)(H,27,28);2-9H,1H3,(H,22,23);5H,1-4,6H2. The lowest BCUT2D eigenvalue weighted by atomic mass is 10.2. The van der Waals surface area contributed by atoms with Crippen LogP contribution < -0.4 is 41.1 Å². The van der Waals surface area contributed by atoms with Crippen LogP contribution in [-0.4, -0.2) is 72.6 Å². The maximum Gasteiger partial charge on any atom is 0.263 e. The highest BCUT2D eigenvalue weighted by Gasteiger charge is 2.23. The molecule has 2 saturated carbocycles. The number of halogens is 3. The first-order valence-electron chi connectivity index (χ1n) is 21.9. The van der Waals surface area contributed by atoms with E-state index in [0.717, 1.165) is 25.7 Å². The van der Waals surface area contributed by atoms with Crippen molar-refractivity contribution in [2.45, 2.75) is 73.2 Å². The Kier molecular flexibility index (Phi) is 15.5. The molecule has 0 unspecified atom stereocenters. The van der Waals surface area contributed by atoms with Crippen LogP contribution in [0, 0.1) is 0 Å². The number of benzene rings is 2. The van der Waals surface area contributed by atoms with Crippen molar-refractivity contribution in [1.29, 1.82) is 0 Å². The van der Waals surface area contributed by atoms with Gasteiger partial charge in [0.15, 0.2) is 16.8 Å². The second-order valence-corrected chi connectivity index (χ2v) is 20.8. The zero-order valence-corrected chi connectivity index (χ0v) is 41.7. The fourth-order valence-electron chi connectivity index (χ4n) is 8.05. The second kappa shape index (κ2) is 21.7. The molecule has 10 rings (SSSR count). The third-order valence-electron chi connectivity index (χ3n) is 11.5. The lowest BCUT2D eigenvalue weighted by molar-refractivity contribution is 0.396. The highest BCUT2D eigenvalue weighted by molar-refractivity contribution is 7.93. The quantitative estimate of drug-likeness (QED) is 0.0834. The molecule has 0 aliphatic heterocycles. The van der Waals surface area contributed by atoms with Crippen molar-refractivity contribution < 1.29 is 35.4 Å². The molecule has 8 aromatic rings. The molecule has 6 heterocycles. The number of nitrogens with zero attached hydrogens (tertiary/aromatic N) is 6. The number of fused-ring (bicyclic) bond motifs is 2. The molecular weight excluding hydrogens is 1020 g/mol. The molecule has 5 N–H and O–H groups in total. The molecule has 0 saturated heterocycles. The smallest absolute Gasteiger partial charge is 0.263 e. The van der Waals surface area contributed by atoms with Crippen molar-refractivity contribution in [3.63, 3.8) is 0 Å². The third kappa shape index (κ3) is 11.6. The molecule has 0 bridgehead atoms. The summed E-state index contributed by atoms with van der Waals surface area (Å²) >= 11 is 18.6. The number of rotatable bonds is 12. The molecule has 0 amide bonds. The monoisotopic (exact) mass is 1070 g/mol. The van der Waals surface area contributed by atoms with E-state index in [2.05, 4.69) is 44.1 Å². The topological polar surface area (TPSA) is 271 Å². The number of aromatic nitrogens is 6. The number of nitrogens with two attached hydrogens (primary N) is 1. The van der Waals surface area contributed by atoms with E-state index in [0.29, 0.717) is 50.4 Å². The molecule has 372 valence electrons. The van der Waals surface area contributed by atoms with E-state index in [-0.39, 0.29) is 54.6 Å². The Balaban J connectivity index is 0.000000172. The predicted molar refractivity (Wildman–Crippen MR) is 270 cm³/mol. The van der Waals surface area contributed by atoms with Crippen molar-refractivity contribution in [3.05, 3.63) is 133 Å². The summed E-state index contributed by atoms with van der Waals surface area (Å²) in [5.41, 5.74) is 6.29. The van der Waals surface area contributed by atoms with Gasteiger partial charge in [0.1, 0.15) is 29.7 Å². The zero-order valence-electron chi connectivity index (χ0n) is 37.8. The van der Waals surface area contributed by atoms with E-state index in [4.69, 9.17) is 50.0 Å². The Hall–Kier alpha value is -6.69. The number of nitrogens with one attached hydrogen (secondary N) is 3. The van der Waals surface area contributed by atoms with Crippen LogP contribution in [0.15, 0.2) is 126 Å². The average Bonchev–Trinajstić information content (AvgIpc) is 4.22. The van der Waals surface area contributed by atoms with Crippen molar-refractivity contribution in [2.24, 2.45) is 5.73 Å². The molecule has 0 radical (unpaired) electrons. The second-order valence-electron chi connectivity index (χ2n) is 16.2. The third-order valence-corrected chi connectivity index (χ3v) is 15.1. The van der Waals surface area contributed by atoms with Gasteiger partial charge in [-0.15, -0.1) is 0 Å². The molecule has 0 atom stereocenters. The molecule has 71 heavy (non-hydrogen) atoms. The summed E-state index contributed by atoms with van der Waals surface area (Å²) in [5, 5.41) is 12.0. The van der Waals surface area contributed by atoms with Crippen LogP contribution in [0.4, 0.5) is 17.5 Å². The molecule has 25 heteroatoms. The van der Waals surface area contributed by atoms with E-state index >= 15 is 0 Å². The minimum absolute atomic E-state index is 0.00238. The number of ether oxygens (including phenoxy) is 2. The largest absolute Gasteiger partial charge is 0.479 e. The van der Waals surface area contributed by atoms with Gasteiger partial charge >= 0.3 is 0 Å². The predicted octanol–water partition coefficient (Wildman–Crippen LogP) is 8.57. The molecule has 2 aliphatic rings. The van der Waals surface area contributed by atoms with E-state index in [9.17, 15) is 26.4 Å². The number of hydrogen-bond donors (Lipinski definition) is 4. The maximum absolute atomic E-state index is 12.9. The van der Waals surface area contributed by atoms with E-state index < -0.39 is 25.6 Å². The summed E-state index contributed by atoms with van der Waals surface area (Å²) in [6.45, 7) is 0. The van der Waals surface area contributed by atoms with Gasteiger partial charge in [0.05, 0.1) is 45.1 Å². The molecule has 6 aromatic heterocycles. The van der Waals surface area contributed by atoms with Crippen LogP contribution in [0.25, 0.3) is 33.2 Å². The van der Waals surface area contributed by atoms with Gasteiger partial charge in [-0.25, -0.2) is 16.8 Å². The van der Waals surface area contributed by atoms with Crippen molar-refractivity contribution in [1.82, 2.24) is 29.4 Å². The summed E-state index contributed by atoms with van der Waals surface area (Å²) < 4.78 is 78.2. The molecule has 2 fully saturated rings. The Morgan fingerprint density at radius 1 is 0.620 bits per heavy atom. The highest BCUT2D eigenvalue weighted by Crippen LogP contribution is 2.34. The summed E-state index contributed by atoms with van der Waals surface area (Å²) in [5.74, 6) is 0.913. The zero-order chi connectivity index (χ0) is 50.5. The van der Waals surface area contributed by atoms with Gasteiger partial charge in [-0.2, -0.15) is 9.97 Å². The number of hydrogen-bond acceptors (Lipinski definition) is 16. The lowest BCUT2D eigenvalue weighted by Gasteiger charge is -2.18. The average molecular weight is 1070 g/mol. The first-order valence-corrected chi connectivity index (χ1v) is 26.0. The first kappa shape index (κ1) is 50.7. The SMILES string of the molecule is COc1nc(Cl)c(Cl)cc1-n1c(=O)ccc2cc(S(=O)(=O)Nc3ccon3)ccc21.COc1nc(NC2CCCC2)c(Cl)cc1-n1c(=O)ccc2cc(S(=O)(=O)Nc3ccon3)ccc21.NC1CCCC1. The van der Waals surface area contributed by atoms with Crippen LogP contribution in [0.3, 0.4) is 0 Å². The van der Waals surface area contributed by atoms with Gasteiger partial charge < -0.3 is 29.6 Å². The lowest BCUT2D eigenvalue weighted by Crippen LogP contribution is -2.20. The molecule has 2 aliphatic carbocycles. The van der Waals surface area contributed by atoms with E-state index in [1.807, 2.05) is 0 Å². The minimum atomic E-state index is -3.93. The summed E-state index contributed by atoms with van der Waals surface area (Å²) in [6.07, 6.45) is 12.2. The normalized spacial score (nSPS) is 14.1. The van der Waals surface area contributed by atoms with E-state index in [1.165, 1.54) is 128 Å². The first-order chi connectivity index (χ1) is 34.0. The van der Waals surface area contributed by atoms with Crippen LogP contribution in [0.1, 0.15) is 51.4 Å². The van der Waals surface area contributed by atoms with Gasteiger partial charge in [0.25, 0.3) is 31.2 Å². The van der Waals surface area contributed by atoms with Crippen LogP contribution in [0.5, 0.6) is 11.8 Å². The van der Waals surface area contributed by atoms with Crippen molar-refractivity contribution >= 4 is 94.1 Å². The number of pyridine rings is 4. The van der Waals surface area contributed by atoms with Gasteiger partial charge in [-0.05, 0) is 86.3 Å². The van der Waals surface area contributed by atoms with Gasteiger partial charge in [-0.3, -0.25) is 28.2 Å². The fourth-order valence-corrected chi connectivity index (χ4v) is 10.6. The summed E-state index contributed by atoms with van der Waals surface area (Å²) in [6, 6.07) is 21.1. The fraction of sp³-hybridized carbons (Fsp3) is 0.261. The van der Waals surface area contributed by atoms with Crippen LogP contribution in [0.2, 0.25) is 15.2 Å². The number of anilines is 3. The Bertz CT molecular complexity index is 3550. The molecule has 2 aromatic carbocycles. The summed E-state index contributed by atoms with van der Waals surface area (Å²) in [7, 11) is -5.00. The van der Waals surface area contributed by atoms with Crippen molar-refractivity contribution in [2.75, 3.05) is 29.0 Å². The minimum Gasteiger partial charge on any atom is -0.479 e.